The Kier molecular flexibility index (Phi) is 4.55. The normalized spacial score (nSPS) is 11.1. The van der Waals surface area contributed by atoms with Crippen molar-refractivity contribution in [2.75, 3.05) is 19.5 Å². The standard InChI is InChI=1S/C13H20N2O3/c1-13(2,6-7-16)15-12(17)10-5-4-9(14)8-11(10)18-3/h4-5,8,16H,6-7,14H2,1-3H3,(H,15,17). The van der Waals surface area contributed by atoms with E-state index in [1.54, 1.807) is 18.2 Å². The number of nitrogen functional groups attached to an aromatic ring is 1. The van der Waals surface area contributed by atoms with Crippen LogP contribution in [0.5, 0.6) is 5.75 Å². The topological polar surface area (TPSA) is 84.6 Å². The van der Waals surface area contributed by atoms with Crippen molar-refractivity contribution >= 4 is 11.6 Å². The Bertz CT molecular complexity index is 430. The lowest BCUT2D eigenvalue weighted by atomic mass is 10.0. The lowest BCUT2D eigenvalue weighted by molar-refractivity contribution is 0.0896. The van der Waals surface area contributed by atoms with Crippen molar-refractivity contribution in [1.29, 1.82) is 0 Å². The summed E-state index contributed by atoms with van der Waals surface area (Å²) in [5.41, 5.74) is 6.13. The number of carbonyl (C=O) groups excluding carboxylic acids is 1. The Hall–Kier alpha value is -1.75. The van der Waals surface area contributed by atoms with E-state index >= 15 is 0 Å². The molecule has 0 radical (unpaired) electrons. The molecule has 0 aliphatic carbocycles. The van der Waals surface area contributed by atoms with Crippen LogP contribution < -0.4 is 15.8 Å². The van der Waals surface area contributed by atoms with Gasteiger partial charge in [0.05, 0.1) is 12.7 Å². The Balaban J connectivity index is 2.91. The Labute approximate surface area is 107 Å². The molecule has 0 heterocycles. The van der Waals surface area contributed by atoms with Crippen LogP contribution in [0.1, 0.15) is 30.6 Å². The molecule has 0 aliphatic rings. The largest absolute Gasteiger partial charge is 0.496 e. The summed E-state index contributed by atoms with van der Waals surface area (Å²) in [6.45, 7) is 3.72. The molecule has 0 aromatic heterocycles. The SMILES string of the molecule is COc1cc(N)ccc1C(=O)NC(C)(C)CCO. The maximum atomic E-state index is 12.1. The van der Waals surface area contributed by atoms with Gasteiger partial charge in [-0.3, -0.25) is 4.79 Å². The Morgan fingerprint density at radius 3 is 2.72 bits per heavy atom. The number of amides is 1. The van der Waals surface area contributed by atoms with Gasteiger partial charge in [0, 0.05) is 23.9 Å². The van der Waals surface area contributed by atoms with Gasteiger partial charge in [0.2, 0.25) is 0 Å². The molecule has 0 spiro atoms. The molecule has 1 amide bonds. The third-order valence-corrected chi connectivity index (χ3v) is 2.66. The molecule has 5 nitrogen and oxygen atoms in total. The molecule has 0 atom stereocenters. The third-order valence-electron chi connectivity index (χ3n) is 2.66. The predicted octanol–water partition coefficient (Wildman–Crippen LogP) is 1.17. The van der Waals surface area contributed by atoms with Crippen molar-refractivity contribution in [2.45, 2.75) is 25.8 Å². The molecule has 0 aliphatic heterocycles. The van der Waals surface area contributed by atoms with Crippen LogP contribution in [0.4, 0.5) is 5.69 Å². The fourth-order valence-electron chi connectivity index (χ4n) is 1.61. The fourth-order valence-corrected chi connectivity index (χ4v) is 1.61. The first-order valence-electron chi connectivity index (χ1n) is 5.76. The second-order valence-electron chi connectivity index (χ2n) is 4.77. The minimum Gasteiger partial charge on any atom is -0.496 e. The molecule has 0 saturated carbocycles. The van der Waals surface area contributed by atoms with Crippen molar-refractivity contribution in [3.05, 3.63) is 23.8 Å². The van der Waals surface area contributed by atoms with Crippen LogP contribution in [0.15, 0.2) is 18.2 Å². The molecule has 1 rings (SSSR count). The summed E-state index contributed by atoms with van der Waals surface area (Å²) in [5, 5.41) is 11.8. The van der Waals surface area contributed by atoms with E-state index in [0.29, 0.717) is 23.4 Å². The summed E-state index contributed by atoms with van der Waals surface area (Å²) in [6, 6.07) is 4.88. The summed E-state index contributed by atoms with van der Waals surface area (Å²) in [7, 11) is 1.49. The number of nitrogens with two attached hydrogens (primary N) is 1. The average Bonchev–Trinajstić information content (AvgIpc) is 2.27. The molecule has 1 aromatic carbocycles. The van der Waals surface area contributed by atoms with Crippen LogP contribution in [0.2, 0.25) is 0 Å². The van der Waals surface area contributed by atoms with Gasteiger partial charge in [-0.15, -0.1) is 0 Å². The molecular weight excluding hydrogens is 232 g/mol. The number of ether oxygens (including phenoxy) is 1. The van der Waals surface area contributed by atoms with Gasteiger partial charge in [-0.25, -0.2) is 0 Å². The van der Waals surface area contributed by atoms with Crippen LogP contribution in [0, 0.1) is 0 Å². The fraction of sp³-hybridized carbons (Fsp3) is 0.462. The van der Waals surface area contributed by atoms with Crippen molar-refractivity contribution < 1.29 is 14.6 Å². The van der Waals surface area contributed by atoms with Gasteiger partial charge in [0.1, 0.15) is 5.75 Å². The smallest absolute Gasteiger partial charge is 0.255 e. The number of carbonyl (C=O) groups is 1. The van der Waals surface area contributed by atoms with Gasteiger partial charge in [-0.05, 0) is 32.4 Å². The van der Waals surface area contributed by atoms with E-state index in [-0.39, 0.29) is 12.5 Å². The zero-order chi connectivity index (χ0) is 13.8. The van der Waals surface area contributed by atoms with E-state index in [1.807, 2.05) is 13.8 Å². The highest BCUT2D eigenvalue weighted by Crippen LogP contribution is 2.22. The van der Waals surface area contributed by atoms with E-state index in [9.17, 15) is 4.79 Å². The van der Waals surface area contributed by atoms with Gasteiger partial charge in [-0.1, -0.05) is 0 Å². The zero-order valence-electron chi connectivity index (χ0n) is 11.0. The number of hydrogen-bond acceptors (Lipinski definition) is 4. The van der Waals surface area contributed by atoms with Crippen LogP contribution in [-0.4, -0.2) is 30.3 Å². The summed E-state index contributed by atoms with van der Waals surface area (Å²) >= 11 is 0. The quantitative estimate of drug-likeness (QED) is 0.687. The maximum Gasteiger partial charge on any atom is 0.255 e. The van der Waals surface area contributed by atoms with E-state index in [2.05, 4.69) is 5.32 Å². The number of rotatable bonds is 5. The first-order valence-corrected chi connectivity index (χ1v) is 5.76. The number of aliphatic hydroxyl groups excluding tert-OH is 1. The van der Waals surface area contributed by atoms with E-state index in [0.717, 1.165) is 0 Å². The molecule has 18 heavy (non-hydrogen) atoms. The van der Waals surface area contributed by atoms with E-state index in [4.69, 9.17) is 15.6 Å². The average molecular weight is 252 g/mol. The third kappa shape index (κ3) is 3.63. The van der Waals surface area contributed by atoms with Crippen LogP contribution in [0.25, 0.3) is 0 Å². The number of benzene rings is 1. The Morgan fingerprint density at radius 1 is 1.50 bits per heavy atom. The number of anilines is 1. The molecule has 5 heteroatoms. The Morgan fingerprint density at radius 2 is 2.17 bits per heavy atom. The van der Waals surface area contributed by atoms with E-state index < -0.39 is 5.54 Å². The monoisotopic (exact) mass is 252 g/mol. The summed E-state index contributed by atoms with van der Waals surface area (Å²) in [5.74, 6) is 0.192. The molecular formula is C13H20N2O3. The number of hydrogen-bond donors (Lipinski definition) is 3. The predicted molar refractivity (Wildman–Crippen MR) is 70.7 cm³/mol. The molecule has 100 valence electrons. The second-order valence-corrected chi connectivity index (χ2v) is 4.77. The van der Waals surface area contributed by atoms with Gasteiger partial charge < -0.3 is 20.9 Å². The first kappa shape index (κ1) is 14.3. The lowest BCUT2D eigenvalue weighted by Crippen LogP contribution is -2.44. The van der Waals surface area contributed by atoms with Crippen molar-refractivity contribution in [2.24, 2.45) is 0 Å². The summed E-state index contributed by atoms with van der Waals surface area (Å²) < 4.78 is 5.13. The molecule has 0 saturated heterocycles. The lowest BCUT2D eigenvalue weighted by Gasteiger charge is -2.25. The number of methoxy groups -OCH3 is 1. The van der Waals surface area contributed by atoms with Gasteiger partial charge in [0.25, 0.3) is 5.91 Å². The molecule has 0 bridgehead atoms. The number of nitrogens with one attached hydrogen (secondary N) is 1. The molecule has 4 N–H and O–H groups in total. The minimum atomic E-state index is -0.474. The first-order chi connectivity index (χ1) is 8.39. The highest BCUT2D eigenvalue weighted by Gasteiger charge is 2.22. The van der Waals surface area contributed by atoms with Crippen LogP contribution in [0.3, 0.4) is 0 Å². The molecule has 0 unspecified atom stereocenters. The maximum absolute atomic E-state index is 12.1. The van der Waals surface area contributed by atoms with Crippen molar-refractivity contribution in [3.63, 3.8) is 0 Å². The van der Waals surface area contributed by atoms with Gasteiger partial charge >= 0.3 is 0 Å². The van der Waals surface area contributed by atoms with E-state index in [1.165, 1.54) is 7.11 Å². The summed E-state index contributed by atoms with van der Waals surface area (Å²) in [4.78, 5) is 12.1. The van der Waals surface area contributed by atoms with Crippen molar-refractivity contribution in [1.82, 2.24) is 5.32 Å². The molecule has 1 aromatic rings. The van der Waals surface area contributed by atoms with Crippen molar-refractivity contribution in [3.8, 4) is 5.75 Å². The highest BCUT2D eigenvalue weighted by atomic mass is 16.5. The second kappa shape index (κ2) is 5.73. The van der Waals surface area contributed by atoms with Gasteiger partial charge in [0.15, 0.2) is 0 Å². The molecule has 0 fully saturated rings. The van der Waals surface area contributed by atoms with Crippen LogP contribution in [-0.2, 0) is 0 Å². The van der Waals surface area contributed by atoms with Gasteiger partial charge in [-0.2, -0.15) is 0 Å². The zero-order valence-corrected chi connectivity index (χ0v) is 11.0. The number of aliphatic hydroxyl groups is 1. The van der Waals surface area contributed by atoms with Crippen LogP contribution >= 0.6 is 0 Å². The summed E-state index contributed by atoms with van der Waals surface area (Å²) in [6.07, 6.45) is 0.482. The minimum absolute atomic E-state index is 0.0200. The highest BCUT2D eigenvalue weighted by molar-refractivity contribution is 5.97.